The number of carbonyl (C=O) groups is 1. The van der Waals surface area contributed by atoms with E-state index >= 15 is 0 Å². The fourth-order valence-corrected chi connectivity index (χ4v) is 5.33. The van der Waals surface area contributed by atoms with Gasteiger partial charge in [0.05, 0.1) is 37.7 Å². The number of hydrogen-bond donors (Lipinski definition) is 1. The number of nitrogens with zero attached hydrogens (tertiary/aromatic N) is 1. The molecule has 3 aromatic carbocycles. The number of hydrogen-bond acceptors (Lipinski definition) is 6. The van der Waals surface area contributed by atoms with Crippen LogP contribution < -0.4 is 23.8 Å². The smallest absolute Gasteiger partial charge is 0.268 e. The summed E-state index contributed by atoms with van der Waals surface area (Å²) in [5.41, 5.74) is 1.22. The van der Waals surface area contributed by atoms with Crippen molar-refractivity contribution in [3.05, 3.63) is 70.2 Å². The Morgan fingerprint density at radius 1 is 0.886 bits per heavy atom. The lowest BCUT2D eigenvalue weighted by Gasteiger charge is -2.25. The van der Waals surface area contributed by atoms with Crippen LogP contribution in [0.25, 0.3) is 0 Å². The molecular formula is C24H24Cl2N2O6S. The monoisotopic (exact) mass is 538 g/mol. The molecule has 11 heteroatoms. The number of rotatable bonds is 9. The van der Waals surface area contributed by atoms with Crippen LogP contribution in [0.15, 0.2) is 59.5 Å². The second-order valence-corrected chi connectivity index (χ2v) is 10.1. The molecule has 0 aliphatic rings. The molecule has 186 valence electrons. The van der Waals surface area contributed by atoms with Gasteiger partial charge in [-0.05, 0) is 48.9 Å². The number of methoxy groups -OCH3 is 3. The van der Waals surface area contributed by atoms with Crippen molar-refractivity contribution in [1.82, 2.24) is 0 Å². The topological polar surface area (TPSA) is 94.2 Å². The van der Waals surface area contributed by atoms with Gasteiger partial charge in [0.25, 0.3) is 10.0 Å². The van der Waals surface area contributed by atoms with Crippen LogP contribution in [0.2, 0.25) is 10.0 Å². The molecule has 0 heterocycles. The summed E-state index contributed by atoms with van der Waals surface area (Å²) in [7, 11) is 0.00358. The highest BCUT2D eigenvalue weighted by Crippen LogP contribution is 2.36. The van der Waals surface area contributed by atoms with E-state index in [4.69, 9.17) is 37.4 Å². The second-order valence-electron chi connectivity index (χ2n) is 7.38. The number of aryl methyl sites for hydroxylation is 1. The van der Waals surface area contributed by atoms with Crippen molar-refractivity contribution < 1.29 is 27.4 Å². The second kappa shape index (κ2) is 11.1. The lowest BCUT2D eigenvalue weighted by Crippen LogP contribution is -2.38. The lowest BCUT2D eigenvalue weighted by molar-refractivity contribution is -0.114. The van der Waals surface area contributed by atoms with Crippen molar-refractivity contribution in [2.45, 2.75) is 11.8 Å². The van der Waals surface area contributed by atoms with Crippen molar-refractivity contribution in [2.75, 3.05) is 37.5 Å². The summed E-state index contributed by atoms with van der Waals surface area (Å²) in [4.78, 5) is 13.0. The van der Waals surface area contributed by atoms with Crippen molar-refractivity contribution >= 4 is 50.5 Å². The molecule has 3 aromatic rings. The molecular weight excluding hydrogens is 515 g/mol. The van der Waals surface area contributed by atoms with Crippen LogP contribution >= 0.6 is 23.2 Å². The Morgan fingerprint density at radius 2 is 1.51 bits per heavy atom. The third kappa shape index (κ3) is 5.93. The molecule has 0 unspecified atom stereocenters. The van der Waals surface area contributed by atoms with E-state index in [1.807, 2.05) is 0 Å². The summed E-state index contributed by atoms with van der Waals surface area (Å²) in [6.07, 6.45) is 0. The van der Waals surface area contributed by atoms with Crippen molar-refractivity contribution in [3.63, 3.8) is 0 Å². The average Bonchev–Trinajstić information content (AvgIpc) is 2.83. The predicted molar refractivity (Wildman–Crippen MR) is 137 cm³/mol. The highest BCUT2D eigenvalue weighted by atomic mass is 35.5. The molecule has 35 heavy (non-hydrogen) atoms. The predicted octanol–water partition coefficient (Wildman–Crippen LogP) is 5.16. The molecule has 1 amide bonds. The van der Waals surface area contributed by atoms with E-state index in [0.29, 0.717) is 21.4 Å². The maximum atomic E-state index is 13.8. The zero-order chi connectivity index (χ0) is 25.8. The highest BCUT2D eigenvalue weighted by Gasteiger charge is 2.30. The molecule has 0 aliphatic heterocycles. The number of nitrogens with one attached hydrogen (secondary N) is 1. The summed E-state index contributed by atoms with van der Waals surface area (Å²) < 4.78 is 44.3. The van der Waals surface area contributed by atoms with Crippen LogP contribution in [0.3, 0.4) is 0 Å². The molecule has 0 saturated carbocycles. The Kier molecular flexibility index (Phi) is 8.37. The third-order valence-corrected chi connectivity index (χ3v) is 7.38. The first-order valence-corrected chi connectivity index (χ1v) is 12.4. The van der Waals surface area contributed by atoms with E-state index < -0.39 is 22.5 Å². The van der Waals surface area contributed by atoms with E-state index in [0.717, 1.165) is 4.31 Å². The highest BCUT2D eigenvalue weighted by molar-refractivity contribution is 7.93. The third-order valence-electron chi connectivity index (χ3n) is 5.04. The van der Waals surface area contributed by atoms with Gasteiger partial charge in [0, 0.05) is 17.2 Å². The molecule has 0 saturated heterocycles. The minimum absolute atomic E-state index is 0.0755. The van der Waals surface area contributed by atoms with Gasteiger partial charge in [-0.3, -0.25) is 9.10 Å². The molecule has 0 aromatic heterocycles. The zero-order valence-corrected chi connectivity index (χ0v) is 21.8. The molecule has 1 N–H and O–H groups in total. The van der Waals surface area contributed by atoms with Crippen LogP contribution in [0.4, 0.5) is 11.4 Å². The first-order chi connectivity index (χ1) is 16.6. The van der Waals surface area contributed by atoms with Crippen LogP contribution in [0.5, 0.6) is 17.2 Å². The summed E-state index contributed by atoms with van der Waals surface area (Å²) in [5.74, 6) is 0.122. The van der Waals surface area contributed by atoms with Crippen LogP contribution in [-0.4, -0.2) is 42.2 Å². The minimum atomic E-state index is -4.23. The van der Waals surface area contributed by atoms with Crippen LogP contribution in [-0.2, 0) is 14.8 Å². The number of amides is 1. The number of anilines is 2. The molecule has 0 spiro atoms. The first kappa shape index (κ1) is 26.5. The van der Waals surface area contributed by atoms with Gasteiger partial charge in [0.1, 0.15) is 28.7 Å². The summed E-state index contributed by atoms with van der Waals surface area (Å²) in [6.45, 7) is 1.22. The first-order valence-electron chi connectivity index (χ1n) is 10.2. The Bertz CT molecular complexity index is 1330. The largest absolute Gasteiger partial charge is 0.495 e. The van der Waals surface area contributed by atoms with Gasteiger partial charge >= 0.3 is 0 Å². The van der Waals surface area contributed by atoms with Crippen molar-refractivity contribution in [1.29, 1.82) is 0 Å². The molecule has 8 nitrogen and oxygen atoms in total. The van der Waals surface area contributed by atoms with Crippen molar-refractivity contribution in [2.24, 2.45) is 0 Å². The minimum Gasteiger partial charge on any atom is -0.495 e. The van der Waals surface area contributed by atoms with Gasteiger partial charge in [-0.1, -0.05) is 29.3 Å². The molecule has 0 fully saturated rings. The number of carbonyl (C=O) groups excluding carboxylic acids is 1. The molecule has 3 rings (SSSR count). The molecule has 0 aliphatic carbocycles. The summed E-state index contributed by atoms with van der Waals surface area (Å²) >= 11 is 12.1. The van der Waals surface area contributed by atoms with E-state index in [1.54, 1.807) is 19.1 Å². The fraction of sp³-hybridized carbons (Fsp3) is 0.208. The quantitative estimate of drug-likeness (QED) is 0.404. The Balaban J connectivity index is 2.03. The van der Waals surface area contributed by atoms with Crippen molar-refractivity contribution in [3.8, 4) is 17.2 Å². The lowest BCUT2D eigenvalue weighted by atomic mass is 10.2. The Morgan fingerprint density at radius 3 is 2.11 bits per heavy atom. The molecule has 0 bridgehead atoms. The molecule has 0 radical (unpaired) electrons. The van der Waals surface area contributed by atoms with E-state index in [9.17, 15) is 13.2 Å². The van der Waals surface area contributed by atoms with E-state index in [-0.39, 0.29) is 27.8 Å². The van der Waals surface area contributed by atoms with Gasteiger partial charge < -0.3 is 19.5 Å². The van der Waals surface area contributed by atoms with Gasteiger partial charge in [0.2, 0.25) is 5.91 Å². The standard InChI is InChI=1S/C24H24Cl2N2O6S/c1-15-5-10-20(32-2)23(11-15)35(30,31)28(17-8-6-16(25)7-9-17)14-24(29)27-19-13-21(33-3)18(26)12-22(19)34-4/h5-13H,14H2,1-4H3,(H,27,29). The summed E-state index contributed by atoms with van der Waals surface area (Å²) in [6, 6.07) is 13.9. The van der Waals surface area contributed by atoms with E-state index in [1.165, 1.54) is 63.8 Å². The van der Waals surface area contributed by atoms with Crippen LogP contribution in [0.1, 0.15) is 5.56 Å². The van der Waals surface area contributed by atoms with E-state index in [2.05, 4.69) is 5.32 Å². The van der Waals surface area contributed by atoms with Gasteiger partial charge in [0.15, 0.2) is 0 Å². The number of halogens is 2. The normalized spacial score (nSPS) is 11.0. The SMILES string of the molecule is COc1cc(NC(=O)CN(c2ccc(Cl)cc2)S(=O)(=O)c2cc(C)ccc2OC)c(OC)cc1Cl. The average molecular weight is 539 g/mol. The number of benzene rings is 3. The maximum absolute atomic E-state index is 13.8. The van der Waals surface area contributed by atoms with Gasteiger partial charge in [-0.25, -0.2) is 8.42 Å². The summed E-state index contributed by atoms with van der Waals surface area (Å²) in [5, 5.41) is 3.38. The number of sulfonamides is 1. The van der Waals surface area contributed by atoms with Crippen LogP contribution in [0, 0.1) is 6.92 Å². The van der Waals surface area contributed by atoms with Gasteiger partial charge in [-0.15, -0.1) is 0 Å². The molecule has 0 atom stereocenters. The maximum Gasteiger partial charge on any atom is 0.268 e. The Labute approximate surface area is 214 Å². The zero-order valence-electron chi connectivity index (χ0n) is 19.5. The van der Waals surface area contributed by atoms with Gasteiger partial charge in [-0.2, -0.15) is 0 Å². The number of ether oxygens (including phenoxy) is 3. The Hall–Kier alpha value is -3.14. The fourth-order valence-electron chi connectivity index (χ4n) is 3.30.